The van der Waals surface area contributed by atoms with Crippen LogP contribution in [0.2, 0.25) is 15.1 Å². The third-order valence-electron chi connectivity index (χ3n) is 4.48. The van der Waals surface area contributed by atoms with Crippen LogP contribution in [0.15, 0.2) is 60.0 Å². The minimum Gasteiger partial charge on any atom is -0.497 e. The SMILES string of the molecule is COc1cc(Cl)cc(Oc2cc(Cl)cc(N(c3cc4ccsc4cc3Cl)S(C)(=O)=O)c2)c1. The van der Waals surface area contributed by atoms with Gasteiger partial charge in [0.15, 0.2) is 0 Å². The molecule has 0 aliphatic heterocycles. The van der Waals surface area contributed by atoms with E-state index in [-0.39, 0.29) is 10.7 Å². The second-order valence-electron chi connectivity index (χ2n) is 6.86. The average Bonchev–Trinajstić information content (AvgIpc) is 3.13. The maximum Gasteiger partial charge on any atom is 0.236 e. The Bertz CT molecular complexity index is 1420. The van der Waals surface area contributed by atoms with Gasteiger partial charge in [0, 0.05) is 26.9 Å². The van der Waals surface area contributed by atoms with Crippen molar-refractivity contribution in [2.24, 2.45) is 0 Å². The van der Waals surface area contributed by atoms with Crippen molar-refractivity contribution in [1.82, 2.24) is 0 Å². The number of hydrogen-bond acceptors (Lipinski definition) is 5. The lowest BCUT2D eigenvalue weighted by Crippen LogP contribution is -2.25. The molecule has 3 aromatic carbocycles. The Balaban J connectivity index is 1.82. The van der Waals surface area contributed by atoms with Crippen LogP contribution in [-0.4, -0.2) is 21.8 Å². The first-order valence-corrected chi connectivity index (χ1v) is 13.0. The van der Waals surface area contributed by atoms with Gasteiger partial charge in [-0.3, -0.25) is 0 Å². The van der Waals surface area contributed by atoms with Crippen molar-refractivity contribution in [3.8, 4) is 17.2 Å². The van der Waals surface area contributed by atoms with Crippen LogP contribution in [-0.2, 0) is 10.0 Å². The number of nitrogens with zero attached hydrogens (tertiary/aromatic N) is 1. The molecule has 0 atom stereocenters. The van der Waals surface area contributed by atoms with E-state index >= 15 is 0 Å². The average molecular weight is 529 g/mol. The molecule has 0 bridgehead atoms. The Kier molecular flexibility index (Phi) is 6.47. The van der Waals surface area contributed by atoms with Crippen molar-refractivity contribution < 1.29 is 17.9 Å². The number of hydrogen-bond donors (Lipinski definition) is 0. The van der Waals surface area contributed by atoms with Gasteiger partial charge in [0.05, 0.1) is 29.8 Å². The number of rotatable bonds is 6. The molecule has 0 spiro atoms. The lowest BCUT2D eigenvalue weighted by Gasteiger charge is -2.24. The predicted molar refractivity (Wildman–Crippen MR) is 133 cm³/mol. The summed E-state index contributed by atoms with van der Waals surface area (Å²) in [5.74, 6) is 1.24. The fourth-order valence-corrected chi connectivity index (χ4v) is 5.82. The fraction of sp³-hybridized carbons (Fsp3) is 0.0909. The summed E-state index contributed by atoms with van der Waals surface area (Å²) >= 11 is 20.4. The van der Waals surface area contributed by atoms with Crippen molar-refractivity contribution in [2.45, 2.75) is 0 Å². The molecule has 1 aromatic heterocycles. The minimum absolute atomic E-state index is 0.278. The van der Waals surface area contributed by atoms with E-state index in [0.29, 0.717) is 33.0 Å². The van der Waals surface area contributed by atoms with Gasteiger partial charge in [-0.15, -0.1) is 11.3 Å². The van der Waals surface area contributed by atoms with Crippen LogP contribution in [0, 0.1) is 0 Å². The Labute approximate surface area is 204 Å². The zero-order valence-corrected chi connectivity index (χ0v) is 20.7. The minimum atomic E-state index is -3.77. The summed E-state index contributed by atoms with van der Waals surface area (Å²) in [6, 6.07) is 15.0. The molecule has 10 heteroatoms. The van der Waals surface area contributed by atoms with Gasteiger partial charge in [0.1, 0.15) is 17.2 Å². The maximum absolute atomic E-state index is 12.8. The summed E-state index contributed by atoms with van der Waals surface area (Å²) in [5, 5.41) is 3.81. The zero-order chi connectivity index (χ0) is 23.0. The van der Waals surface area contributed by atoms with Gasteiger partial charge in [0.25, 0.3) is 0 Å². The van der Waals surface area contributed by atoms with Crippen LogP contribution in [0.3, 0.4) is 0 Å². The second kappa shape index (κ2) is 9.00. The molecule has 0 aliphatic rings. The van der Waals surface area contributed by atoms with E-state index < -0.39 is 10.0 Å². The van der Waals surface area contributed by atoms with Gasteiger partial charge < -0.3 is 9.47 Å². The van der Waals surface area contributed by atoms with Gasteiger partial charge in [-0.25, -0.2) is 12.7 Å². The van der Waals surface area contributed by atoms with Crippen LogP contribution >= 0.6 is 46.1 Å². The quantitative estimate of drug-likeness (QED) is 0.257. The molecule has 0 radical (unpaired) electrons. The third-order valence-corrected chi connectivity index (χ3v) is 7.17. The van der Waals surface area contributed by atoms with E-state index in [1.807, 2.05) is 11.4 Å². The molecule has 0 N–H and O–H groups in total. The van der Waals surface area contributed by atoms with Crippen LogP contribution in [0.5, 0.6) is 17.2 Å². The van der Waals surface area contributed by atoms with Gasteiger partial charge in [0.2, 0.25) is 10.0 Å². The highest BCUT2D eigenvalue weighted by atomic mass is 35.5. The Morgan fingerprint density at radius 2 is 1.53 bits per heavy atom. The standard InChI is InChI=1S/C22H16Cl3NO4S2/c1-29-17-7-15(24)9-19(11-17)30-18-8-14(23)6-16(10-18)26(32(2,27)28)21-5-13-3-4-31-22(13)12-20(21)25/h3-12H,1-2H3. The summed E-state index contributed by atoms with van der Waals surface area (Å²) in [4.78, 5) is 0. The zero-order valence-electron chi connectivity index (χ0n) is 16.8. The molecular formula is C22H16Cl3NO4S2. The van der Waals surface area contributed by atoms with Crippen LogP contribution in [0.4, 0.5) is 11.4 Å². The van der Waals surface area contributed by atoms with Crippen molar-refractivity contribution in [3.63, 3.8) is 0 Å². The Morgan fingerprint density at radius 3 is 2.22 bits per heavy atom. The largest absolute Gasteiger partial charge is 0.497 e. The number of ether oxygens (including phenoxy) is 2. The summed E-state index contributed by atoms with van der Waals surface area (Å²) < 4.78 is 38.9. The summed E-state index contributed by atoms with van der Waals surface area (Å²) in [7, 11) is -2.25. The highest BCUT2D eigenvalue weighted by Crippen LogP contribution is 2.41. The van der Waals surface area contributed by atoms with Crippen LogP contribution in [0.25, 0.3) is 10.1 Å². The molecule has 0 unspecified atom stereocenters. The van der Waals surface area contributed by atoms with Crippen LogP contribution in [0.1, 0.15) is 0 Å². The van der Waals surface area contributed by atoms with E-state index in [2.05, 4.69) is 0 Å². The monoisotopic (exact) mass is 527 g/mol. The van der Waals surface area contributed by atoms with Crippen molar-refractivity contribution >= 4 is 77.6 Å². The topological polar surface area (TPSA) is 55.8 Å². The molecule has 0 fully saturated rings. The van der Waals surface area contributed by atoms with E-state index in [9.17, 15) is 8.42 Å². The van der Waals surface area contributed by atoms with Gasteiger partial charge in [-0.05, 0) is 53.2 Å². The molecule has 4 rings (SSSR count). The molecule has 0 amide bonds. The molecule has 0 saturated carbocycles. The third kappa shape index (κ3) is 4.92. The van der Waals surface area contributed by atoms with Crippen molar-refractivity contribution in [2.75, 3.05) is 17.7 Å². The summed E-state index contributed by atoms with van der Waals surface area (Å²) in [5.41, 5.74) is 0.596. The molecular weight excluding hydrogens is 513 g/mol. The Morgan fingerprint density at radius 1 is 0.875 bits per heavy atom. The number of anilines is 2. The fourth-order valence-electron chi connectivity index (χ4n) is 3.21. The number of fused-ring (bicyclic) bond motifs is 1. The van der Waals surface area contributed by atoms with Crippen LogP contribution < -0.4 is 13.8 Å². The molecule has 4 aromatic rings. The molecule has 1 heterocycles. The smallest absolute Gasteiger partial charge is 0.236 e. The Hall–Kier alpha value is -2.16. The first-order valence-electron chi connectivity index (χ1n) is 9.14. The van der Waals surface area contributed by atoms with E-state index in [4.69, 9.17) is 44.3 Å². The second-order valence-corrected chi connectivity index (χ2v) is 10.9. The number of benzene rings is 3. The number of halogens is 3. The van der Waals surface area contributed by atoms with Gasteiger partial charge in [-0.1, -0.05) is 34.8 Å². The number of methoxy groups -OCH3 is 1. The predicted octanol–water partition coefficient (Wildman–Crippen LogP) is 7.76. The van der Waals surface area contributed by atoms with Gasteiger partial charge >= 0.3 is 0 Å². The normalized spacial score (nSPS) is 11.5. The summed E-state index contributed by atoms with van der Waals surface area (Å²) in [6.07, 6.45) is 1.10. The molecule has 166 valence electrons. The van der Waals surface area contributed by atoms with Crippen molar-refractivity contribution in [1.29, 1.82) is 0 Å². The van der Waals surface area contributed by atoms with E-state index in [0.717, 1.165) is 20.6 Å². The molecule has 32 heavy (non-hydrogen) atoms. The first kappa shape index (κ1) is 23.0. The number of thiophene rings is 1. The van der Waals surface area contributed by atoms with Gasteiger partial charge in [-0.2, -0.15) is 0 Å². The molecule has 0 saturated heterocycles. The van der Waals surface area contributed by atoms with Crippen molar-refractivity contribution in [3.05, 3.63) is 75.0 Å². The van der Waals surface area contributed by atoms with E-state index in [1.54, 1.807) is 42.5 Å². The van der Waals surface area contributed by atoms with E-state index in [1.165, 1.54) is 24.5 Å². The number of sulfonamides is 1. The highest BCUT2D eigenvalue weighted by molar-refractivity contribution is 7.92. The molecule has 5 nitrogen and oxygen atoms in total. The summed E-state index contributed by atoms with van der Waals surface area (Å²) in [6.45, 7) is 0. The highest BCUT2D eigenvalue weighted by Gasteiger charge is 2.24. The maximum atomic E-state index is 12.8. The first-order chi connectivity index (χ1) is 15.1. The lowest BCUT2D eigenvalue weighted by atomic mass is 10.2. The lowest BCUT2D eigenvalue weighted by molar-refractivity contribution is 0.409. The molecule has 0 aliphatic carbocycles.